The molecule has 2 aromatic carbocycles. The number of carbonyl (C=O) groups excluding carboxylic acids is 2. The smallest absolute Gasteiger partial charge is 0.412 e. The van der Waals surface area contributed by atoms with Gasteiger partial charge in [0.05, 0.1) is 11.1 Å². The van der Waals surface area contributed by atoms with Crippen molar-refractivity contribution in [3.05, 3.63) is 68.3 Å². The second-order valence-electron chi connectivity index (χ2n) is 7.52. The van der Waals surface area contributed by atoms with E-state index in [-0.39, 0.29) is 42.7 Å². The minimum Gasteiger partial charge on any atom is -0.447 e. The highest BCUT2D eigenvalue weighted by Crippen LogP contribution is 2.31. The molecule has 12 heteroatoms. The molecule has 2 amide bonds. The van der Waals surface area contributed by atoms with Crippen molar-refractivity contribution in [2.24, 2.45) is 5.73 Å². The zero-order chi connectivity index (χ0) is 25.5. The van der Waals surface area contributed by atoms with E-state index in [1.165, 1.54) is 35.2 Å². The predicted octanol–water partition coefficient (Wildman–Crippen LogP) is 4.84. The SMILES string of the molecule is CN(C(=O)CCc1cccc(F)c1Cl)[C@@H](CN)COC(=O)Nc1noc(-c2cccc(F)c2)c1I. The van der Waals surface area contributed by atoms with Crippen molar-refractivity contribution in [2.75, 3.05) is 25.5 Å². The van der Waals surface area contributed by atoms with Gasteiger partial charge in [-0.1, -0.05) is 41.0 Å². The lowest BCUT2D eigenvalue weighted by atomic mass is 10.1. The van der Waals surface area contributed by atoms with E-state index < -0.39 is 23.8 Å². The minimum absolute atomic E-state index is 0.0126. The third-order valence-electron chi connectivity index (χ3n) is 5.20. The summed E-state index contributed by atoms with van der Waals surface area (Å²) < 4.78 is 38.0. The molecule has 1 aromatic heterocycles. The number of aryl methyl sites for hydroxylation is 1. The van der Waals surface area contributed by atoms with Gasteiger partial charge in [0.25, 0.3) is 0 Å². The van der Waals surface area contributed by atoms with Gasteiger partial charge in [-0.3, -0.25) is 10.1 Å². The van der Waals surface area contributed by atoms with Crippen molar-refractivity contribution in [3.63, 3.8) is 0 Å². The highest BCUT2D eigenvalue weighted by Gasteiger charge is 2.22. The largest absolute Gasteiger partial charge is 0.447 e. The summed E-state index contributed by atoms with van der Waals surface area (Å²) in [5.41, 5.74) is 6.76. The average molecular weight is 619 g/mol. The molecular formula is C23H22ClF2IN4O4. The van der Waals surface area contributed by atoms with Gasteiger partial charge >= 0.3 is 6.09 Å². The Hall–Kier alpha value is -2.77. The van der Waals surface area contributed by atoms with Crippen LogP contribution in [-0.4, -0.2) is 48.3 Å². The Morgan fingerprint density at radius 1 is 1.29 bits per heavy atom. The van der Waals surface area contributed by atoms with Gasteiger partial charge in [0.15, 0.2) is 11.6 Å². The Morgan fingerprint density at radius 3 is 2.74 bits per heavy atom. The Bertz CT molecular complexity index is 1210. The number of likely N-dealkylation sites (N-methyl/N-ethyl adjacent to an activating group) is 1. The van der Waals surface area contributed by atoms with Crippen molar-refractivity contribution < 1.29 is 27.6 Å². The number of rotatable bonds is 9. The second-order valence-corrected chi connectivity index (χ2v) is 8.97. The number of nitrogens with zero attached hydrogens (tertiary/aromatic N) is 2. The van der Waals surface area contributed by atoms with Gasteiger partial charge in [0.1, 0.15) is 21.8 Å². The summed E-state index contributed by atoms with van der Waals surface area (Å²) in [5, 5.41) is 6.24. The molecule has 0 aliphatic rings. The average Bonchev–Trinajstić information content (AvgIpc) is 3.19. The lowest BCUT2D eigenvalue weighted by molar-refractivity contribution is -0.132. The molecule has 0 aliphatic carbocycles. The standard InChI is InChI=1S/C23H22ClF2IN4O4/c1-31(18(32)9-8-13-4-3-7-17(26)19(13)24)16(11-28)12-34-23(33)29-22-20(27)21(35-30-22)14-5-2-6-15(25)10-14/h2-7,10,16H,8-9,11-12,28H2,1H3,(H,29,30,33)/t16-/m0/s1. The number of halogens is 4. The lowest BCUT2D eigenvalue weighted by Crippen LogP contribution is -2.45. The molecule has 3 rings (SSSR count). The number of anilines is 1. The second kappa shape index (κ2) is 12.3. The summed E-state index contributed by atoms with van der Waals surface area (Å²) in [6.45, 7) is -0.127. The zero-order valence-corrected chi connectivity index (χ0v) is 21.5. The van der Waals surface area contributed by atoms with Crippen LogP contribution in [0, 0.1) is 15.2 Å². The van der Waals surface area contributed by atoms with Crippen LogP contribution in [0.25, 0.3) is 11.3 Å². The molecule has 3 aromatic rings. The minimum atomic E-state index is -0.826. The first-order valence-electron chi connectivity index (χ1n) is 10.4. The Morgan fingerprint density at radius 2 is 2.03 bits per heavy atom. The normalized spacial score (nSPS) is 11.7. The number of benzene rings is 2. The van der Waals surface area contributed by atoms with E-state index in [0.717, 1.165) is 0 Å². The summed E-state index contributed by atoms with van der Waals surface area (Å²) in [4.78, 5) is 26.2. The molecule has 0 saturated carbocycles. The zero-order valence-electron chi connectivity index (χ0n) is 18.6. The highest BCUT2D eigenvalue weighted by atomic mass is 127. The molecule has 0 radical (unpaired) electrons. The third kappa shape index (κ3) is 6.89. The van der Waals surface area contributed by atoms with E-state index in [0.29, 0.717) is 20.5 Å². The molecule has 3 N–H and O–H groups in total. The number of hydrogen-bond acceptors (Lipinski definition) is 6. The van der Waals surface area contributed by atoms with Gasteiger partial charge in [0.2, 0.25) is 5.91 Å². The summed E-state index contributed by atoms with van der Waals surface area (Å²) >= 11 is 7.85. The summed E-state index contributed by atoms with van der Waals surface area (Å²) in [7, 11) is 1.54. The van der Waals surface area contributed by atoms with Gasteiger partial charge in [-0.15, -0.1) is 0 Å². The number of ether oxygens (including phenoxy) is 1. The fourth-order valence-corrected chi connectivity index (χ4v) is 4.04. The summed E-state index contributed by atoms with van der Waals surface area (Å²) in [6, 6.07) is 9.59. The van der Waals surface area contributed by atoms with Crippen molar-refractivity contribution in [1.29, 1.82) is 0 Å². The number of nitrogens with one attached hydrogen (secondary N) is 1. The van der Waals surface area contributed by atoms with Crippen LogP contribution in [0.4, 0.5) is 19.4 Å². The van der Waals surface area contributed by atoms with Crippen LogP contribution < -0.4 is 11.1 Å². The monoisotopic (exact) mass is 618 g/mol. The first kappa shape index (κ1) is 26.8. The van der Waals surface area contributed by atoms with E-state index in [2.05, 4.69) is 10.5 Å². The van der Waals surface area contributed by atoms with Crippen molar-refractivity contribution in [1.82, 2.24) is 10.1 Å². The number of carbonyl (C=O) groups is 2. The van der Waals surface area contributed by atoms with E-state index in [4.69, 9.17) is 26.6 Å². The fourth-order valence-electron chi connectivity index (χ4n) is 3.17. The Balaban J connectivity index is 1.53. The van der Waals surface area contributed by atoms with Crippen molar-refractivity contribution in [2.45, 2.75) is 18.9 Å². The van der Waals surface area contributed by atoms with Gasteiger partial charge in [0, 0.05) is 25.6 Å². The fraction of sp³-hybridized carbons (Fsp3) is 0.261. The number of nitrogens with two attached hydrogens (primary N) is 1. The molecule has 0 saturated heterocycles. The molecule has 0 bridgehead atoms. The lowest BCUT2D eigenvalue weighted by Gasteiger charge is -2.27. The maximum Gasteiger partial charge on any atom is 0.412 e. The molecule has 0 unspecified atom stereocenters. The number of aromatic nitrogens is 1. The van der Waals surface area contributed by atoms with Gasteiger partial charge in [-0.25, -0.2) is 13.6 Å². The topological polar surface area (TPSA) is 111 Å². The van der Waals surface area contributed by atoms with Crippen LogP contribution in [0.2, 0.25) is 5.02 Å². The molecule has 35 heavy (non-hydrogen) atoms. The molecule has 0 fully saturated rings. The first-order valence-corrected chi connectivity index (χ1v) is 11.9. The van der Waals surface area contributed by atoms with Crippen LogP contribution in [0.15, 0.2) is 47.0 Å². The number of amides is 2. The predicted molar refractivity (Wildman–Crippen MR) is 135 cm³/mol. The van der Waals surface area contributed by atoms with Crippen molar-refractivity contribution in [3.8, 4) is 11.3 Å². The van der Waals surface area contributed by atoms with Crippen LogP contribution in [-0.2, 0) is 16.0 Å². The van der Waals surface area contributed by atoms with Crippen LogP contribution in [0.3, 0.4) is 0 Å². The summed E-state index contributed by atoms with van der Waals surface area (Å²) in [5.74, 6) is -0.849. The molecule has 186 valence electrons. The van der Waals surface area contributed by atoms with E-state index in [1.807, 2.05) is 22.6 Å². The number of hydrogen-bond donors (Lipinski definition) is 2. The maximum absolute atomic E-state index is 13.6. The van der Waals surface area contributed by atoms with E-state index in [9.17, 15) is 18.4 Å². The van der Waals surface area contributed by atoms with Gasteiger partial charge in [-0.05, 0) is 52.8 Å². The van der Waals surface area contributed by atoms with Crippen LogP contribution in [0.1, 0.15) is 12.0 Å². The van der Waals surface area contributed by atoms with Crippen molar-refractivity contribution >= 4 is 52.0 Å². The highest BCUT2D eigenvalue weighted by molar-refractivity contribution is 14.1. The Labute approximate surface area is 218 Å². The van der Waals surface area contributed by atoms with Crippen LogP contribution in [0.5, 0.6) is 0 Å². The van der Waals surface area contributed by atoms with Gasteiger partial charge in [-0.2, -0.15) is 0 Å². The molecule has 8 nitrogen and oxygen atoms in total. The summed E-state index contributed by atoms with van der Waals surface area (Å²) in [6.07, 6.45) is -0.508. The van der Waals surface area contributed by atoms with E-state index in [1.54, 1.807) is 19.2 Å². The Kier molecular flexibility index (Phi) is 9.40. The molecular weight excluding hydrogens is 597 g/mol. The quantitative estimate of drug-likeness (QED) is 0.332. The van der Waals surface area contributed by atoms with Gasteiger partial charge < -0.3 is 19.9 Å². The first-order chi connectivity index (χ1) is 16.7. The molecule has 1 atom stereocenters. The third-order valence-corrected chi connectivity index (χ3v) is 6.63. The molecule has 0 aliphatic heterocycles. The van der Waals surface area contributed by atoms with E-state index >= 15 is 0 Å². The van der Waals surface area contributed by atoms with Crippen LogP contribution >= 0.6 is 34.2 Å². The maximum atomic E-state index is 13.6. The molecule has 0 spiro atoms. The molecule has 1 heterocycles.